The first-order valence-electron chi connectivity index (χ1n) is 5.32. The molecule has 18 heavy (non-hydrogen) atoms. The van der Waals surface area contributed by atoms with Gasteiger partial charge in [-0.15, -0.1) is 0 Å². The topological polar surface area (TPSA) is 60.4 Å². The zero-order chi connectivity index (χ0) is 13.9. The third-order valence-electron chi connectivity index (χ3n) is 2.73. The molecule has 0 unspecified atom stereocenters. The molecule has 0 bridgehead atoms. The van der Waals surface area contributed by atoms with Crippen LogP contribution < -0.4 is 0 Å². The highest BCUT2D eigenvalue weighted by Crippen LogP contribution is 2.19. The third kappa shape index (κ3) is 3.55. The van der Waals surface area contributed by atoms with Crippen LogP contribution in [-0.2, 0) is 25.1 Å². The van der Waals surface area contributed by atoms with Crippen LogP contribution in [0.15, 0.2) is 22.7 Å². The molecule has 0 radical (unpaired) electrons. The summed E-state index contributed by atoms with van der Waals surface area (Å²) in [4.78, 5) is 11.3. The molecule has 0 saturated carbocycles. The Morgan fingerprint density at radius 3 is 2.56 bits per heavy atom. The van der Waals surface area contributed by atoms with Crippen molar-refractivity contribution in [3.8, 4) is 0 Å². The van der Waals surface area contributed by atoms with E-state index in [4.69, 9.17) is 0 Å². The minimum atomic E-state index is -3.55. The molecular formula is C12H15BrO4S. The predicted molar refractivity (Wildman–Crippen MR) is 73.0 cm³/mol. The minimum Gasteiger partial charge on any atom is -0.468 e. The number of halogens is 1. The van der Waals surface area contributed by atoms with Crippen LogP contribution in [-0.4, -0.2) is 26.7 Å². The molecule has 0 aliphatic heterocycles. The van der Waals surface area contributed by atoms with Crippen molar-refractivity contribution >= 4 is 31.7 Å². The summed E-state index contributed by atoms with van der Waals surface area (Å²) in [6.45, 7) is 3.17. The van der Waals surface area contributed by atoms with Gasteiger partial charge in [0.25, 0.3) is 0 Å². The van der Waals surface area contributed by atoms with Crippen molar-refractivity contribution in [3.63, 3.8) is 0 Å². The number of rotatable bonds is 4. The smallest absolute Gasteiger partial charge is 0.323 e. The molecule has 0 fully saturated rings. The van der Waals surface area contributed by atoms with Crippen molar-refractivity contribution in [2.24, 2.45) is 0 Å². The normalized spacial score (nSPS) is 13.1. The number of esters is 1. The van der Waals surface area contributed by atoms with E-state index in [-0.39, 0.29) is 5.75 Å². The van der Waals surface area contributed by atoms with E-state index in [9.17, 15) is 13.2 Å². The molecule has 100 valence electrons. The monoisotopic (exact) mass is 334 g/mol. The second-order valence-electron chi connectivity index (χ2n) is 4.04. The van der Waals surface area contributed by atoms with Crippen LogP contribution in [0, 0.1) is 6.92 Å². The SMILES string of the molecule is COC(=O)[C@H](C)S(=O)(=O)Cc1ccc(Br)cc1C. The second kappa shape index (κ2) is 5.84. The van der Waals surface area contributed by atoms with E-state index in [2.05, 4.69) is 20.7 Å². The van der Waals surface area contributed by atoms with Gasteiger partial charge in [-0.2, -0.15) is 0 Å². The minimum absolute atomic E-state index is 0.164. The predicted octanol–water partition coefficient (Wildman–Crippen LogP) is 2.23. The number of aryl methyl sites for hydroxylation is 1. The highest BCUT2D eigenvalue weighted by atomic mass is 79.9. The molecule has 1 rings (SSSR count). The van der Waals surface area contributed by atoms with Gasteiger partial charge in [0.2, 0.25) is 0 Å². The molecule has 0 aliphatic carbocycles. The van der Waals surface area contributed by atoms with E-state index in [1.54, 1.807) is 12.1 Å². The lowest BCUT2D eigenvalue weighted by Crippen LogP contribution is -2.29. The summed E-state index contributed by atoms with van der Waals surface area (Å²) in [5.41, 5.74) is 1.55. The number of ether oxygens (including phenoxy) is 1. The van der Waals surface area contributed by atoms with Gasteiger partial charge in [-0.1, -0.05) is 22.0 Å². The van der Waals surface area contributed by atoms with Gasteiger partial charge >= 0.3 is 5.97 Å². The highest BCUT2D eigenvalue weighted by molar-refractivity contribution is 9.10. The second-order valence-corrected chi connectivity index (χ2v) is 7.28. The molecule has 0 heterocycles. The van der Waals surface area contributed by atoms with E-state index >= 15 is 0 Å². The Morgan fingerprint density at radius 1 is 1.44 bits per heavy atom. The van der Waals surface area contributed by atoms with E-state index in [0.29, 0.717) is 5.56 Å². The lowest BCUT2D eigenvalue weighted by molar-refractivity contribution is -0.139. The number of benzene rings is 1. The molecule has 0 aromatic heterocycles. The summed E-state index contributed by atoms with van der Waals surface area (Å²) in [6, 6.07) is 5.36. The Balaban J connectivity index is 2.99. The van der Waals surface area contributed by atoms with Gasteiger partial charge in [-0.25, -0.2) is 8.42 Å². The van der Waals surface area contributed by atoms with Crippen LogP contribution in [0.4, 0.5) is 0 Å². The lowest BCUT2D eigenvalue weighted by Gasteiger charge is -2.12. The molecule has 4 nitrogen and oxygen atoms in total. The van der Waals surface area contributed by atoms with E-state index < -0.39 is 21.1 Å². The summed E-state index contributed by atoms with van der Waals surface area (Å²) in [7, 11) is -2.37. The fraction of sp³-hybridized carbons (Fsp3) is 0.417. The maximum Gasteiger partial charge on any atom is 0.323 e. The molecule has 0 amide bonds. The van der Waals surface area contributed by atoms with E-state index in [1.807, 2.05) is 13.0 Å². The number of carbonyl (C=O) groups is 1. The largest absolute Gasteiger partial charge is 0.468 e. The van der Waals surface area contributed by atoms with Crippen LogP contribution in [0.2, 0.25) is 0 Å². The van der Waals surface area contributed by atoms with Crippen LogP contribution in [0.5, 0.6) is 0 Å². The molecular weight excluding hydrogens is 320 g/mol. The molecule has 1 aromatic carbocycles. The van der Waals surface area contributed by atoms with Crippen molar-refractivity contribution < 1.29 is 17.9 Å². The van der Waals surface area contributed by atoms with Gasteiger partial charge in [0.15, 0.2) is 15.1 Å². The molecule has 0 saturated heterocycles. The lowest BCUT2D eigenvalue weighted by atomic mass is 10.1. The van der Waals surface area contributed by atoms with Crippen LogP contribution >= 0.6 is 15.9 Å². The Bertz CT molecular complexity index is 551. The molecule has 0 spiro atoms. The molecule has 0 aliphatic rings. The Labute approximate surface area is 115 Å². The average Bonchev–Trinajstić information content (AvgIpc) is 2.30. The quantitative estimate of drug-likeness (QED) is 0.792. The van der Waals surface area contributed by atoms with Crippen molar-refractivity contribution in [2.75, 3.05) is 7.11 Å². The Hall–Kier alpha value is -0.880. The van der Waals surface area contributed by atoms with Crippen LogP contribution in [0.25, 0.3) is 0 Å². The maximum atomic E-state index is 12.0. The number of hydrogen-bond acceptors (Lipinski definition) is 4. The molecule has 1 atom stereocenters. The summed E-state index contributed by atoms with van der Waals surface area (Å²) < 4.78 is 29.4. The van der Waals surface area contributed by atoms with Crippen LogP contribution in [0.1, 0.15) is 18.1 Å². The maximum absolute atomic E-state index is 12.0. The highest BCUT2D eigenvalue weighted by Gasteiger charge is 2.29. The zero-order valence-electron chi connectivity index (χ0n) is 10.4. The summed E-state index contributed by atoms with van der Waals surface area (Å²) in [6.07, 6.45) is 0. The van der Waals surface area contributed by atoms with Crippen molar-refractivity contribution in [1.29, 1.82) is 0 Å². The molecule has 0 N–H and O–H groups in total. The van der Waals surface area contributed by atoms with Gasteiger partial charge in [0.05, 0.1) is 12.9 Å². The van der Waals surface area contributed by atoms with Crippen molar-refractivity contribution in [3.05, 3.63) is 33.8 Å². The van der Waals surface area contributed by atoms with Crippen LogP contribution in [0.3, 0.4) is 0 Å². The standard InChI is InChI=1S/C12H15BrO4S/c1-8-6-11(13)5-4-10(8)7-18(15,16)9(2)12(14)17-3/h4-6,9H,7H2,1-3H3/t9-/m0/s1. The number of carbonyl (C=O) groups excluding carboxylic acids is 1. The Kier molecular flexibility index (Phi) is 4.92. The van der Waals surface area contributed by atoms with Gasteiger partial charge in [-0.05, 0) is 37.1 Å². The third-order valence-corrected chi connectivity index (χ3v) is 5.21. The van der Waals surface area contributed by atoms with E-state index in [1.165, 1.54) is 14.0 Å². The summed E-state index contributed by atoms with van der Waals surface area (Å²) in [5, 5.41) is -1.15. The van der Waals surface area contributed by atoms with Gasteiger partial charge < -0.3 is 4.74 Å². The van der Waals surface area contributed by atoms with Crippen molar-refractivity contribution in [2.45, 2.75) is 24.9 Å². The average molecular weight is 335 g/mol. The van der Waals surface area contributed by atoms with Gasteiger partial charge in [0, 0.05) is 4.47 Å². The summed E-state index contributed by atoms with van der Waals surface area (Å²) in [5.74, 6) is -0.896. The number of methoxy groups -OCH3 is 1. The first-order valence-corrected chi connectivity index (χ1v) is 7.83. The fourth-order valence-electron chi connectivity index (χ4n) is 1.48. The zero-order valence-corrected chi connectivity index (χ0v) is 12.8. The van der Waals surface area contributed by atoms with Crippen molar-refractivity contribution in [1.82, 2.24) is 0 Å². The molecule has 1 aromatic rings. The van der Waals surface area contributed by atoms with E-state index in [0.717, 1.165) is 10.0 Å². The summed E-state index contributed by atoms with van der Waals surface area (Å²) >= 11 is 3.32. The number of hydrogen-bond donors (Lipinski definition) is 0. The molecule has 6 heteroatoms. The Morgan fingerprint density at radius 2 is 2.06 bits per heavy atom. The van der Waals surface area contributed by atoms with Gasteiger partial charge in [-0.3, -0.25) is 4.79 Å². The number of sulfone groups is 1. The first-order chi connectivity index (χ1) is 8.27. The van der Waals surface area contributed by atoms with Gasteiger partial charge in [0.1, 0.15) is 0 Å². The first kappa shape index (κ1) is 15.2. The fourth-order valence-corrected chi connectivity index (χ4v) is 3.35.